The summed E-state index contributed by atoms with van der Waals surface area (Å²) in [6.45, 7) is 3.44. The third-order valence-electron chi connectivity index (χ3n) is 2.31. The maximum atomic E-state index is 13.0. The molecule has 0 amide bonds. The van der Waals surface area contributed by atoms with Gasteiger partial charge in [0.15, 0.2) is 0 Å². The van der Waals surface area contributed by atoms with E-state index in [-0.39, 0.29) is 11.9 Å². The average Bonchev–Trinajstić information content (AvgIpc) is 2.38. The van der Waals surface area contributed by atoms with Gasteiger partial charge in [0.25, 0.3) is 0 Å². The lowest BCUT2D eigenvalue weighted by Gasteiger charge is -2.04. The molecule has 19 heavy (non-hydrogen) atoms. The number of anilines is 1. The summed E-state index contributed by atoms with van der Waals surface area (Å²) in [5.74, 6) is -0.206. The summed E-state index contributed by atoms with van der Waals surface area (Å²) in [5.41, 5.74) is 2.94. The van der Waals surface area contributed by atoms with Crippen molar-refractivity contribution in [2.45, 2.75) is 20.0 Å². The second kappa shape index (κ2) is 7.54. The Balaban J connectivity index is 0.000000399. The standard InChI is InChI=1S/C13H12FN.C3H8O/c1-15-13-7-3-5-11(9-13)10-4-2-6-12(14)8-10;1-3(2)4/h2-9,15H,1H3;3-4H,1-2H3. The highest BCUT2D eigenvalue weighted by molar-refractivity contribution is 5.67. The number of halogens is 1. The van der Waals surface area contributed by atoms with Gasteiger partial charge >= 0.3 is 0 Å². The van der Waals surface area contributed by atoms with Crippen LogP contribution in [0.1, 0.15) is 13.8 Å². The van der Waals surface area contributed by atoms with Crippen molar-refractivity contribution in [1.82, 2.24) is 0 Å². The number of aliphatic hydroxyl groups is 1. The molecule has 0 aliphatic carbocycles. The average molecular weight is 261 g/mol. The minimum atomic E-state index is -0.206. The maximum absolute atomic E-state index is 13.0. The molecule has 0 bridgehead atoms. The van der Waals surface area contributed by atoms with Crippen LogP contribution in [0.5, 0.6) is 0 Å². The highest BCUT2D eigenvalue weighted by Gasteiger charge is 1.99. The van der Waals surface area contributed by atoms with Crippen molar-refractivity contribution in [3.63, 3.8) is 0 Å². The first-order valence-corrected chi connectivity index (χ1v) is 6.24. The van der Waals surface area contributed by atoms with E-state index in [2.05, 4.69) is 5.32 Å². The Labute approximate surface area is 113 Å². The lowest BCUT2D eigenvalue weighted by atomic mass is 10.1. The lowest BCUT2D eigenvalue weighted by molar-refractivity contribution is 0.216. The number of nitrogens with one attached hydrogen (secondary N) is 1. The SMILES string of the molecule is CC(C)O.CNc1cccc(-c2cccc(F)c2)c1. The van der Waals surface area contributed by atoms with Crippen LogP contribution in [0.15, 0.2) is 48.5 Å². The predicted molar refractivity (Wildman–Crippen MR) is 78.7 cm³/mol. The van der Waals surface area contributed by atoms with E-state index >= 15 is 0 Å². The molecule has 2 rings (SSSR count). The number of rotatable bonds is 2. The summed E-state index contributed by atoms with van der Waals surface area (Å²) in [7, 11) is 1.87. The van der Waals surface area contributed by atoms with Gasteiger partial charge in [0.1, 0.15) is 5.82 Å². The van der Waals surface area contributed by atoms with Crippen LogP contribution < -0.4 is 5.32 Å². The highest BCUT2D eigenvalue weighted by Crippen LogP contribution is 2.22. The van der Waals surface area contributed by atoms with Gasteiger partial charge in [-0.25, -0.2) is 4.39 Å². The summed E-state index contributed by atoms with van der Waals surface area (Å²) in [6.07, 6.45) is -0.167. The molecule has 3 heteroatoms. The number of hydrogen-bond donors (Lipinski definition) is 2. The first-order chi connectivity index (χ1) is 9.02. The number of aliphatic hydroxyl groups excluding tert-OH is 1. The van der Waals surface area contributed by atoms with Gasteiger partial charge in [0.2, 0.25) is 0 Å². The lowest BCUT2D eigenvalue weighted by Crippen LogP contribution is -1.88. The molecule has 0 aromatic heterocycles. The van der Waals surface area contributed by atoms with Crippen LogP contribution in [0.2, 0.25) is 0 Å². The predicted octanol–water partition coefficient (Wildman–Crippen LogP) is 3.92. The Morgan fingerprint density at radius 3 is 2.05 bits per heavy atom. The van der Waals surface area contributed by atoms with E-state index in [9.17, 15) is 4.39 Å². The molecule has 0 atom stereocenters. The van der Waals surface area contributed by atoms with Crippen LogP contribution in [-0.4, -0.2) is 18.3 Å². The minimum Gasteiger partial charge on any atom is -0.394 e. The van der Waals surface area contributed by atoms with Crippen LogP contribution in [-0.2, 0) is 0 Å². The summed E-state index contributed by atoms with van der Waals surface area (Å²) in [5, 5.41) is 11.1. The Morgan fingerprint density at radius 2 is 1.53 bits per heavy atom. The molecule has 0 radical (unpaired) electrons. The minimum absolute atomic E-state index is 0.167. The van der Waals surface area contributed by atoms with Crippen molar-refractivity contribution in [2.24, 2.45) is 0 Å². The molecule has 0 saturated heterocycles. The molecule has 0 heterocycles. The smallest absolute Gasteiger partial charge is 0.123 e. The fourth-order valence-corrected chi connectivity index (χ4v) is 1.52. The van der Waals surface area contributed by atoms with Gasteiger partial charge < -0.3 is 10.4 Å². The van der Waals surface area contributed by atoms with Gasteiger partial charge in [0.05, 0.1) is 0 Å². The first-order valence-electron chi connectivity index (χ1n) is 6.24. The molecule has 0 aliphatic rings. The maximum Gasteiger partial charge on any atom is 0.123 e. The molecule has 0 spiro atoms. The van der Waals surface area contributed by atoms with Crippen LogP contribution in [0.25, 0.3) is 11.1 Å². The molecule has 102 valence electrons. The third kappa shape index (κ3) is 5.53. The third-order valence-corrected chi connectivity index (χ3v) is 2.31. The molecule has 0 unspecified atom stereocenters. The zero-order valence-corrected chi connectivity index (χ0v) is 11.5. The van der Waals surface area contributed by atoms with Crippen LogP contribution >= 0.6 is 0 Å². The van der Waals surface area contributed by atoms with E-state index in [4.69, 9.17) is 5.11 Å². The van der Waals surface area contributed by atoms with Crippen LogP contribution in [0.3, 0.4) is 0 Å². The monoisotopic (exact) mass is 261 g/mol. The molecule has 0 saturated carbocycles. The second-order valence-corrected chi connectivity index (χ2v) is 4.43. The fourth-order valence-electron chi connectivity index (χ4n) is 1.52. The van der Waals surface area contributed by atoms with E-state index in [1.165, 1.54) is 12.1 Å². The van der Waals surface area contributed by atoms with E-state index < -0.39 is 0 Å². The molecule has 2 aromatic carbocycles. The van der Waals surface area contributed by atoms with Gasteiger partial charge in [-0.3, -0.25) is 0 Å². The highest BCUT2D eigenvalue weighted by atomic mass is 19.1. The van der Waals surface area contributed by atoms with E-state index in [1.54, 1.807) is 19.9 Å². The largest absolute Gasteiger partial charge is 0.394 e. The van der Waals surface area contributed by atoms with Gasteiger partial charge in [-0.2, -0.15) is 0 Å². The zero-order valence-electron chi connectivity index (χ0n) is 11.5. The van der Waals surface area contributed by atoms with E-state index in [0.29, 0.717) is 0 Å². The molecule has 2 nitrogen and oxygen atoms in total. The summed E-state index contributed by atoms with van der Waals surface area (Å²) in [4.78, 5) is 0. The Bertz CT molecular complexity index is 509. The van der Waals surface area contributed by atoms with Crippen molar-refractivity contribution in [3.8, 4) is 11.1 Å². The molecule has 0 aliphatic heterocycles. The Hall–Kier alpha value is -1.87. The quantitative estimate of drug-likeness (QED) is 0.858. The second-order valence-electron chi connectivity index (χ2n) is 4.43. The zero-order chi connectivity index (χ0) is 14.3. The Kier molecular flexibility index (Phi) is 6.03. The van der Waals surface area contributed by atoms with Gasteiger partial charge in [-0.1, -0.05) is 24.3 Å². The molecular formula is C16H20FNO. The molecule has 2 N–H and O–H groups in total. The van der Waals surface area contributed by atoms with Crippen molar-refractivity contribution in [2.75, 3.05) is 12.4 Å². The normalized spacial score (nSPS) is 9.79. The summed E-state index contributed by atoms with van der Waals surface area (Å²) >= 11 is 0. The Morgan fingerprint density at radius 1 is 1.00 bits per heavy atom. The number of hydrogen-bond acceptors (Lipinski definition) is 2. The van der Waals surface area contributed by atoms with Crippen LogP contribution in [0.4, 0.5) is 10.1 Å². The van der Waals surface area contributed by atoms with E-state index in [0.717, 1.165) is 16.8 Å². The van der Waals surface area contributed by atoms with Crippen molar-refractivity contribution in [1.29, 1.82) is 0 Å². The summed E-state index contributed by atoms with van der Waals surface area (Å²) < 4.78 is 13.0. The van der Waals surface area contributed by atoms with Crippen molar-refractivity contribution in [3.05, 3.63) is 54.3 Å². The molecule has 2 aromatic rings. The van der Waals surface area contributed by atoms with E-state index in [1.807, 2.05) is 37.4 Å². The fraction of sp³-hybridized carbons (Fsp3) is 0.250. The molecule has 0 fully saturated rings. The summed E-state index contributed by atoms with van der Waals surface area (Å²) in [6, 6.07) is 14.5. The topological polar surface area (TPSA) is 32.3 Å². The van der Waals surface area contributed by atoms with Gasteiger partial charge in [-0.15, -0.1) is 0 Å². The number of benzene rings is 2. The van der Waals surface area contributed by atoms with Crippen molar-refractivity contribution >= 4 is 5.69 Å². The van der Waals surface area contributed by atoms with Gasteiger partial charge in [0, 0.05) is 18.8 Å². The van der Waals surface area contributed by atoms with Crippen molar-refractivity contribution < 1.29 is 9.50 Å². The molecular weight excluding hydrogens is 241 g/mol. The van der Waals surface area contributed by atoms with Gasteiger partial charge in [-0.05, 0) is 49.2 Å². The first kappa shape index (κ1) is 15.2. The van der Waals surface area contributed by atoms with Crippen LogP contribution in [0, 0.1) is 5.82 Å².